The summed E-state index contributed by atoms with van der Waals surface area (Å²) < 4.78 is 40.2. The van der Waals surface area contributed by atoms with Crippen molar-refractivity contribution in [2.45, 2.75) is 71.5 Å². The summed E-state index contributed by atoms with van der Waals surface area (Å²) >= 11 is 0. The monoisotopic (exact) mass is 517 g/mol. The molecule has 36 heavy (non-hydrogen) atoms. The first-order valence-electron chi connectivity index (χ1n) is 12.4. The zero-order valence-corrected chi connectivity index (χ0v) is 22.3. The third kappa shape index (κ3) is 7.06. The Bertz CT molecular complexity index is 1160. The number of nitrogens with zero attached hydrogens (tertiary/aromatic N) is 2. The van der Waals surface area contributed by atoms with E-state index in [0.29, 0.717) is 11.3 Å². The summed E-state index contributed by atoms with van der Waals surface area (Å²) in [6, 6.07) is 10.3. The molecule has 1 saturated carbocycles. The Morgan fingerprint density at radius 1 is 1.03 bits per heavy atom. The summed E-state index contributed by atoms with van der Waals surface area (Å²) in [7, 11) is -3.80. The van der Waals surface area contributed by atoms with E-state index in [1.807, 2.05) is 6.07 Å². The van der Waals surface area contributed by atoms with E-state index in [4.69, 9.17) is 0 Å². The average Bonchev–Trinajstić information content (AvgIpc) is 2.82. The van der Waals surface area contributed by atoms with Crippen molar-refractivity contribution in [3.05, 3.63) is 65.0 Å². The van der Waals surface area contributed by atoms with Crippen LogP contribution in [0.25, 0.3) is 0 Å². The number of carbonyl (C=O) groups is 2. The van der Waals surface area contributed by atoms with E-state index >= 15 is 0 Å². The van der Waals surface area contributed by atoms with Crippen LogP contribution >= 0.6 is 0 Å². The quantitative estimate of drug-likeness (QED) is 0.543. The summed E-state index contributed by atoms with van der Waals surface area (Å²) in [5.41, 5.74) is 2.54. The highest BCUT2D eigenvalue weighted by molar-refractivity contribution is 7.92. The van der Waals surface area contributed by atoms with Crippen LogP contribution in [0.1, 0.15) is 55.7 Å². The highest BCUT2D eigenvalue weighted by Gasteiger charge is 2.32. The number of amides is 2. The maximum Gasteiger partial charge on any atom is 0.244 e. The molecule has 196 valence electrons. The second-order valence-corrected chi connectivity index (χ2v) is 11.6. The predicted octanol–water partition coefficient (Wildman–Crippen LogP) is 4.07. The molecule has 1 fully saturated rings. The molecule has 0 bridgehead atoms. The van der Waals surface area contributed by atoms with Crippen molar-refractivity contribution >= 4 is 27.5 Å². The number of benzene rings is 2. The third-order valence-corrected chi connectivity index (χ3v) is 7.87. The highest BCUT2D eigenvalue weighted by Crippen LogP contribution is 2.27. The molecule has 0 saturated heterocycles. The SMILES string of the molecule is Cc1cccc(C)c1N(CC(=O)N(Cc1ccc(F)cc1)[C@@H](C)C(=O)NC1CCCCC1)S(C)(=O)=O. The maximum absolute atomic E-state index is 13.7. The van der Waals surface area contributed by atoms with Gasteiger partial charge in [-0.2, -0.15) is 0 Å². The lowest BCUT2D eigenvalue weighted by Gasteiger charge is -2.33. The fourth-order valence-corrected chi connectivity index (χ4v) is 5.68. The maximum atomic E-state index is 13.7. The zero-order chi connectivity index (χ0) is 26.5. The van der Waals surface area contributed by atoms with Crippen molar-refractivity contribution in [2.24, 2.45) is 0 Å². The molecule has 0 heterocycles. The number of halogens is 1. The topological polar surface area (TPSA) is 86.8 Å². The van der Waals surface area contributed by atoms with E-state index in [1.165, 1.54) is 17.0 Å². The fourth-order valence-electron chi connectivity index (χ4n) is 4.71. The van der Waals surface area contributed by atoms with Gasteiger partial charge in [0.25, 0.3) is 0 Å². The Kier molecular flexibility index (Phi) is 9.11. The van der Waals surface area contributed by atoms with E-state index in [2.05, 4.69) is 5.32 Å². The van der Waals surface area contributed by atoms with Gasteiger partial charge in [-0.3, -0.25) is 13.9 Å². The van der Waals surface area contributed by atoms with Gasteiger partial charge in [-0.25, -0.2) is 12.8 Å². The minimum Gasteiger partial charge on any atom is -0.352 e. The van der Waals surface area contributed by atoms with Crippen LogP contribution in [0.4, 0.5) is 10.1 Å². The van der Waals surface area contributed by atoms with E-state index in [0.717, 1.165) is 53.8 Å². The number of rotatable bonds is 9. The lowest BCUT2D eigenvalue weighted by Crippen LogP contribution is -2.53. The molecule has 0 radical (unpaired) electrons. The van der Waals surface area contributed by atoms with Crippen LogP contribution in [0.3, 0.4) is 0 Å². The molecule has 1 atom stereocenters. The van der Waals surface area contributed by atoms with Crippen LogP contribution in [0.15, 0.2) is 42.5 Å². The number of hydrogen-bond acceptors (Lipinski definition) is 4. The molecular formula is C27H36FN3O4S. The molecule has 7 nitrogen and oxygen atoms in total. The van der Waals surface area contributed by atoms with E-state index < -0.39 is 34.3 Å². The van der Waals surface area contributed by atoms with Crippen LogP contribution in [0.2, 0.25) is 0 Å². The molecular weight excluding hydrogens is 481 g/mol. The van der Waals surface area contributed by atoms with Gasteiger partial charge in [0.05, 0.1) is 11.9 Å². The first-order valence-corrected chi connectivity index (χ1v) is 14.2. The first-order chi connectivity index (χ1) is 17.0. The Morgan fingerprint density at radius 3 is 2.17 bits per heavy atom. The summed E-state index contributed by atoms with van der Waals surface area (Å²) in [4.78, 5) is 28.2. The molecule has 0 spiro atoms. The fraction of sp³-hybridized carbons (Fsp3) is 0.481. The molecule has 0 aliphatic heterocycles. The van der Waals surface area contributed by atoms with Crippen molar-refractivity contribution in [3.63, 3.8) is 0 Å². The van der Waals surface area contributed by atoms with Crippen LogP contribution in [0, 0.1) is 19.7 Å². The molecule has 1 aliphatic rings. The highest BCUT2D eigenvalue weighted by atomic mass is 32.2. The lowest BCUT2D eigenvalue weighted by molar-refractivity contribution is -0.139. The van der Waals surface area contributed by atoms with Crippen LogP contribution < -0.4 is 9.62 Å². The number of nitrogens with one attached hydrogen (secondary N) is 1. The third-order valence-electron chi connectivity index (χ3n) is 6.75. The Labute approximate surface area is 213 Å². The van der Waals surface area contributed by atoms with Gasteiger partial charge in [-0.05, 0) is 62.4 Å². The van der Waals surface area contributed by atoms with Gasteiger partial charge in [0.1, 0.15) is 18.4 Å². The average molecular weight is 518 g/mol. The second-order valence-electron chi connectivity index (χ2n) is 9.68. The molecule has 2 aromatic rings. The number of sulfonamides is 1. The van der Waals surface area contributed by atoms with E-state index in [-0.39, 0.29) is 18.5 Å². The smallest absolute Gasteiger partial charge is 0.244 e. The summed E-state index contributed by atoms with van der Waals surface area (Å²) in [6.07, 6.45) is 6.12. The van der Waals surface area contributed by atoms with Gasteiger partial charge in [0, 0.05) is 12.6 Å². The Hall–Kier alpha value is -2.94. The summed E-state index contributed by atoms with van der Waals surface area (Å²) in [5, 5.41) is 3.06. The normalized spacial score (nSPS) is 15.2. The molecule has 9 heteroatoms. The van der Waals surface area contributed by atoms with Gasteiger partial charge in [0.2, 0.25) is 21.8 Å². The summed E-state index contributed by atoms with van der Waals surface area (Å²) in [6.45, 7) is 4.82. The van der Waals surface area contributed by atoms with E-state index in [9.17, 15) is 22.4 Å². The second kappa shape index (κ2) is 11.9. The van der Waals surface area contributed by atoms with Crippen molar-refractivity contribution in [3.8, 4) is 0 Å². The molecule has 2 aromatic carbocycles. The molecule has 0 unspecified atom stereocenters. The molecule has 0 aromatic heterocycles. The number of hydrogen-bond donors (Lipinski definition) is 1. The lowest BCUT2D eigenvalue weighted by atomic mass is 9.95. The molecule has 2 amide bonds. The number of aryl methyl sites for hydroxylation is 2. The van der Waals surface area contributed by atoms with Gasteiger partial charge < -0.3 is 10.2 Å². The number of para-hydroxylation sites is 1. The molecule has 3 rings (SSSR count). The van der Waals surface area contributed by atoms with Gasteiger partial charge >= 0.3 is 0 Å². The number of anilines is 1. The van der Waals surface area contributed by atoms with Gasteiger partial charge in [-0.1, -0.05) is 49.6 Å². The number of carbonyl (C=O) groups excluding carboxylic acids is 2. The summed E-state index contributed by atoms with van der Waals surface area (Å²) in [5.74, 6) is -1.20. The first kappa shape index (κ1) is 27.6. The van der Waals surface area contributed by atoms with Gasteiger partial charge in [-0.15, -0.1) is 0 Å². The van der Waals surface area contributed by atoms with Crippen molar-refractivity contribution < 1.29 is 22.4 Å². The van der Waals surface area contributed by atoms with Crippen LogP contribution in [-0.2, 0) is 26.2 Å². The molecule has 1 aliphatic carbocycles. The largest absolute Gasteiger partial charge is 0.352 e. The standard InChI is InChI=1S/C27H36FN3O4S/c1-19-9-8-10-20(2)26(19)31(36(4,34)35)18-25(32)30(17-22-13-15-23(28)16-14-22)21(3)27(33)29-24-11-6-5-7-12-24/h8-10,13-16,21,24H,5-7,11-12,17-18H2,1-4H3,(H,29,33)/t21-/m0/s1. The Morgan fingerprint density at radius 2 is 1.61 bits per heavy atom. The van der Waals surface area contributed by atoms with E-state index in [1.54, 1.807) is 45.0 Å². The van der Waals surface area contributed by atoms with Crippen LogP contribution in [0.5, 0.6) is 0 Å². The zero-order valence-electron chi connectivity index (χ0n) is 21.5. The molecule has 1 N–H and O–H groups in total. The van der Waals surface area contributed by atoms with Crippen molar-refractivity contribution in [2.75, 3.05) is 17.1 Å². The van der Waals surface area contributed by atoms with Gasteiger partial charge in [0.15, 0.2) is 0 Å². The van der Waals surface area contributed by atoms with Crippen LogP contribution in [-0.4, -0.2) is 50.0 Å². The van der Waals surface area contributed by atoms with Crippen molar-refractivity contribution in [1.29, 1.82) is 0 Å². The minimum atomic E-state index is -3.80. The van der Waals surface area contributed by atoms with Crippen molar-refractivity contribution in [1.82, 2.24) is 10.2 Å². The predicted molar refractivity (Wildman–Crippen MR) is 140 cm³/mol. The minimum absolute atomic E-state index is 0.0444. The Balaban J connectivity index is 1.90.